The van der Waals surface area contributed by atoms with E-state index in [0.29, 0.717) is 25.7 Å². The molecule has 0 aliphatic rings. The van der Waals surface area contributed by atoms with Crippen LogP contribution in [0.4, 0.5) is 0 Å². The van der Waals surface area contributed by atoms with Crippen LogP contribution in [-0.4, -0.2) is 96.7 Å². The Balaban J connectivity index is 5.25. The van der Waals surface area contributed by atoms with Crippen LogP contribution < -0.4 is 0 Å². The van der Waals surface area contributed by atoms with Gasteiger partial charge in [0.25, 0.3) is 0 Å². The lowest BCUT2D eigenvalue weighted by Gasteiger charge is -2.21. The number of phosphoric ester groups is 2. The zero-order valence-corrected chi connectivity index (χ0v) is 65.3. The Hall–Kier alpha value is -1.94. The highest BCUT2D eigenvalue weighted by atomic mass is 31.2. The van der Waals surface area contributed by atoms with Crippen molar-refractivity contribution in [2.45, 2.75) is 420 Å². The normalized spacial score (nSPS) is 14.3. The van der Waals surface area contributed by atoms with Gasteiger partial charge in [-0.3, -0.25) is 37.3 Å². The fraction of sp³-hybridized carbons (Fsp3) is 0.949. The van der Waals surface area contributed by atoms with Crippen LogP contribution in [0.2, 0.25) is 0 Å². The smallest absolute Gasteiger partial charge is 0.462 e. The fourth-order valence-corrected chi connectivity index (χ4v) is 13.5. The molecule has 0 fully saturated rings. The summed E-state index contributed by atoms with van der Waals surface area (Å²) in [5.74, 6) is 0.201. The Morgan fingerprint density at radius 3 is 0.784 bits per heavy atom. The van der Waals surface area contributed by atoms with Crippen molar-refractivity contribution in [1.29, 1.82) is 0 Å². The second kappa shape index (κ2) is 68.5. The summed E-state index contributed by atoms with van der Waals surface area (Å²) in [6.07, 6.45) is 55.4. The monoisotopic (exact) mass is 1420 g/mol. The third-order valence-corrected chi connectivity index (χ3v) is 20.4. The van der Waals surface area contributed by atoms with Crippen LogP contribution in [0.25, 0.3) is 0 Å². The largest absolute Gasteiger partial charge is 0.472 e. The summed E-state index contributed by atoms with van der Waals surface area (Å²) in [7, 11) is -9.92. The molecule has 0 rings (SSSR count). The van der Waals surface area contributed by atoms with E-state index in [0.717, 1.165) is 114 Å². The molecular formula is C78H152O17P2. The first kappa shape index (κ1) is 95.1. The quantitative estimate of drug-likeness (QED) is 0.0222. The van der Waals surface area contributed by atoms with Gasteiger partial charge in [-0.2, -0.15) is 0 Å². The van der Waals surface area contributed by atoms with Gasteiger partial charge in [0, 0.05) is 25.7 Å². The molecule has 0 saturated carbocycles. The van der Waals surface area contributed by atoms with Crippen molar-refractivity contribution in [3.63, 3.8) is 0 Å². The molecular weight excluding hydrogens is 1270 g/mol. The molecule has 3 unspecified atom stereocenters. The molecule has 6 atom stereocenters. The molecule has 97 heavy (non-hydrogen) atoms. The first-order chi connectivity index (χ1) is 46.8. The van der Waals surface area contributed by atoms with Crippen LogP contribution in [0, 0.1) is 17.8 Å². The first-order valence-electron chi connectivity index (χ1n) is 40.4. The van der Waals surface area contributed by atoms with Crippen molar-refractivity contribution in [1.82, 2.24) is 0 Å². The van der Waals surface area contributed by atoms with Gasteiger partial charge in [-0.15, -0.1) is 0 Å². The number of unbranched alkanes of at least 4 members (excludes halogenated alkanes) is 43. The minimum Gasteiger partial charge on any atom is -0.462 e. The molecule has 0 radical (unpaired) electrons. The van der Waals surface area contributed by atoms with Gasteiger partial charge in [-0.1, -0.05) is 350 Å². The minimum absolute atomic E-state index is 0.107. The third kappa shape index (κ3) is 70.9. The molecule has 0 bridgehead atoms. The molecule has 0 heterocycles. The molecule has 0 spiro atoms. The number of hydrogen-bond donors (Lipinski definition) is 3. The van der Waals surface area contributed by atoms with Crippen molar-refractivity contribution < 1.29 is 80.2 Å². The predicted molar refractivity (Wildman–Crippen MR) is 395 cm³/mol. The predicted octanol–water partition coefficient (Wildman–Crippen LogP) is 23.0. The summed E-state index contributed by atoms with van der Waals surface area (Å²) < 4.78 is 68.6. The molecule has 0 aliphatic carbocycles. The van der Waals surface area contributed by atoms with Crippen LogP contribution in [0.15, 0.2) is 0 Å². The highest BCUT2D eigenvalue weighted by Gasteiger charge is 2.30. The van der Waals surface area contributed by atoms with E-state index in [-0.39, 0.29) is 25.7 Å². The van der Waals surface area contributed by atoms with E-state index in [4.69, 9.17) is 37.0 Å². The summed E-state index contributed by atoms with van der Waals surface area (Å²) in [6.45, 7) is 11.9. The highest BCUT2D eigenvalue weighted by Crippen LogP contribution is 2.45. The molecule has 0 aromatic carbocycles. The standard InChI is InChI=1S/C78H152O17P2/c1-8-10-11-12-13-14-15-16-21-28-33-38-47-54-61-78(83)95-74(66-89-76(81)60-53-46-41-40-44-51-58-71(7)9-2)68-93-97(86,87)91-64-72(79)63-90-96(84,85)92-67-73(65-88-75(80)59-52-45-37-32-27-24-23-26-31-36-43-50-57-70(5)6)94-77(82)62-55-48-39-34-29-22-19-17-18-20-25-30-35-42-49-56-69(3)4/h69-74,79H,8-68H2,1-7H3,(H,84,85)(H,86,87)/t71?,72-,73-,74-/m1/s1. The number of hydrogen-bond acceptors (Lipinski definition) is 15. The second-order valence-corrected chi connectivity index (χ2v) is 32.2. The van der Waals surface area contributed by atoms with Crippen LogP contribution in [0.5, 0.6) is 0 Å². The van der Waals surface area contributed by atoms with E-state index in [1.807, 2.05) is 0 Å². The van der Waals surface area contributed by atoms with Crippen molar-refractivity contribution in [3.05, 3.63) is 0 Å². The molecule has 19 heteroatoms. The van der Waals surface area contributed by atoms with Gasteiger partial charge in [0.1, 0.15) is 19.3 Å². The number of aliphatic hydroxyl groups excluding tert-OH is 1. The van der Waals surface area contributed by atoms with Crippen LogP contribution in [-0.2, 0) is 65.4 Å². The molecule has 0 amide bonds. The molecule has 3 N–H and O–H groups in total. The van der Waals surface area contributed by atoms with Gasteiger partial charge in [0.2, 0.25) is 0 Å². The molecule has 0 aromatic rings. The van der Waals surface area contributed by atoms with Crippen LogP contribution in [0.1, 0.15) is 402 Å². The lowest BCUT2D eigenvalue weighted by atomic mass is 10.00. The van der Waals surface area contributed by atoms with Crippen molar-refractivity contribution in [3.8, 4) is 0 Å². The van der Waals surface area contributed by atoms with Crippen molar-refractivity contribution in [2.24, 2.45) is 17.8 Å². The highest BCUT2D eigenvalue weighted by molar-refractivity contribution is 7.47. The van der Waals surface area contributed by atoms with Crippen LogP contribution in [0.3, 0.4) is 0 Å². The number of rotatable bonds is 76. The van der Waals surface area contributed by atoms with Gasteiger partial charge < -0.3 is 33.8 Å². The molecule has 576 valence electrons. The Kier molecular flexibility index (Phi) is 67.1. The second-order valence-electron chi connectivity index (χ2n) is 29.3. The first-order valence-corrected chi connectivity index (χ1v) is 43.4. The number of ether oxygens (including phenoxy) is 4. The number of carbonyl (C=O) groups is 4. The maximum Gasteiger partial charge on any atom is 0.472 e. The van der Waals surface area contributed by atoms with Gasteiger partial charge in [-0.05, 0) is 43.4 Å². The molecule has 0 aromatic heterocycles. The SMILES string of the molecule is CCCCCCCCCCCCCCCCC(=O)O[C@H](COC(=O)CCCCCCCCC(C)CC)COP(=O)(O)OC[C@H](O)COP(=O)(O)OC[C@@H](COC(=O)CCCCCCCCCCCCCCC(C)C)OC(=O)CCCCCCCCCCCCCCCCCC(C)C. The van der Waals surface area contributed by atoms with E-state index in [1.165, 1.54) is 205 Å². The van der Waals surface area contributed by atoms with E-state index >= 15 is 0 Å². The maximum atomic E-state index is 13.1. The summed E-state index contributed by atoms with van der Waals surface area (Å²) in [5, 5.41) is 10.6. The lowest BCUT2D eigenvalue weighted by molar-refractivity contribution is -0.161. The zero-order chi connectivity index (χ0) is 71.6. The van der Waals surface area contributed by atoms with E-state index < -0.39 is 97.5 Å². The van der Waals surface area contributed by atoms with Crippen molar-refractivity contribution >= 4 is 39.5 Å². The van der Waals surface area contributed by atoms with Gasteiger partial charge in [0.15, 0.2) is 12.2 Å². The Morgan fingerprint density at radius 1 is 0.299 bits per heavy atom. The lowest BCUT2D eigenvalue weighted by Crippen LogP contribution is -2.30. The van der Waals surface area contributed by atoms with Crippen molar-refractivity contribution in [2.75, 3.05) is 39.6 Å². The topological polar surface area (TPSA) is 237 Å². The number of carbonyl (C=O) groups excluding carboxylic acids is 4. The summed E-state index contributed by atoms with van der Waals surface area (Å²) in [5.41, 5.74) is 0. The molecule has 17 nitrogen and oxygen atoms in total. The van der Waals surface area contributed by atoms with Crippen LogP contribution >= 0.6 is 15.6 Å². The zero-order valence-electron chi connectivity index (χ0n) is 63.5. The number of aliphatic hydroxyl groups is 1. The summed E-state index contributed by atoms with van der Waals surface area (Å²) >= 11 is 0. The third-order valence-electron chi connectivity index (χ3n) is 18.5. The number of phosphoric acid groups is 2. The Morgan fingerprint density at radius 2 is 0.526 bits per heavy atom. The molecule has 0 saturated heterocycles. The fourth-order valence-electron chi connectivity index (χ4n) is 11.9. The average molecular weight is 1420 g/mol. The van der Waals surface area contributed by atoms with E-state index in [1.54, 1.807) is 0 Å². The number of esters is 4. The Labute approximate surface area is 594 Å². The summed E-state index contributed by atoms with van der Waals surface area (Å²) in [6, 6.07) is 0. The van der Waals surface area contributed by atoms with E-state index in [2.05, 4.69) is 48.5 Å². The average Bonchev–Trinajstić information content (AvgIpc) is 1.08. The maximum absolute atomic E-state index is 13.1. The Bertz CT molecular complexity index is 1890. The van der Waals surface area contributed by atoms with Gasteiger partial charge in [-0.25, -0.2) is 9.13 Å². The van der Waals surface area contributed by atoms with Gasteiger partial charge in [0.05, 0.1) is 26.4 Å². The molecule has 0 aliphatic heterocycles. The van der Waals surface area contributed by atoms with E-state index in [9.17, 15) is 43.2 Å². The minimum atomic E-state index is -4.96. The summed E-state index contributed by atoms with van der Waals surface area (Å²) in [4.78, 5) is 72.9. The van der Waals surface area contributed by atoms with Gasteiger partial charge >= 0.3 is 39.5 Å².